The quantitative estimate of drug-likeness (QED) is 0.545. The van der Waals surface area contributed by atoms with Crippen molar-refractivity contribution in [3.63, 3.8) is 0 Å². The lowest BCUT2D eigenvalue weighted by molar-refractivity contribution is 0.240. The summed E-state index contributed by atoms with van der Waals surface area (Å²) in [7, 11) is -0.366. The van der Waals surface area contributed by atoms with Gasteiger partial charge in [-0.25, -0.2) is 0 Å². The molecule has 1 aliphatic rings. The third-order valence-electron chi connectivity index (χ3n) is 3.92. The van der Waals surface area contributed by atoms with E-state index in [1.54, 1.807) is 0 Å². The van der Waals surface area contributed by atoms with Crippen molar-refractivity contribution in [1.82, 2.24) is 0 Å². The topological polar surface area (TPSA) is 0 Å². The maximum Gasteiger partial charge on any atom is -0.000768 e. The van der Waals surface area contributed by atoms with Gasteiger partial charge in [0.1, 0.15) is 0 Å². The van der Waals surface area contributed by atoms with Gasteiger partial charge in [-0.1, -0.05) is 59.2 Å². The zero-order valence-electron chi connectivity index (χ0n) is 11.8. The van der Waals surface area contributed by atoms with Crippen LogP contribution in [0.2, 0.25) is 0 Å². The maximum atomic E-state index is 6.80. The minimum absolute atomic E-state index is 0.297. The first kappa shape index (κ1) is 14.8. The zero-order valence-corrected chi connectivity index (χ0v) is 13.4. The smallest absolute Gasteiger partial charge is 0.000768 e. The van der Waals surface area contributed by atoms with E-state index < -0.39 is 0 Å². The molecule has 1 fully saturated rings. The second-order valence-corrected chi connectivity index (χ2v) is 10.6. The highest BCUT2D eigenvalue weighted by molar-refractivity contribution is 7.85. The van der Waals surface area contributed by atoms with Gasteiger partial charge in [0.25, 0.3) is 0 Å². The summed E-state index contributed by atoms with van der Waals surface area (Å²) in [6, 6.07) is 0. The summed E-state index contributed by atoms with van der Waals surface area (Å²) in [5, 5.41) is 0.297. The molecule has 1 aliphatic carbocycles. The molecule has 0 amide bonds. The first-order valence-corrected chi connectivity index (χ1v) is 9.00. The van der Waals surface area contributed by atoms with Gasteiger partial charge in [-0.2, -0.15) is 0 Å². The molecule has 0 aromatic carbocycles. The average Bonchev–Trinajstić information content (AvgIpc) is 2.14. The number of halogens is 1. The second-order valence-electron chi connectivity index (χ2n) is 6.88. The van der Waals surface area contributed by atoms with Crippen LogP contribution in [0.5, 0.6) is 0 Å². The minimum Gasteiger partial charge on any atom is -0.0956 e. The van der Waals surface area contributed by atoms with Crippen LogP contribution in [-0.4, -0.2) is 10.8 Å². The van der Waals surface area contributed by atoms with Crippen molar-refractivity contribution in [1.29, 1.82) is 0 Å². The van der Waals surface area contributed by atoms with Gasteiger partial charge in [0.05, 0.1) is 0 Å². The van der Waals surface area contributed by atoms with Gasteiger partial charge in [-0.05, 0) is 48.7 Å². The fraction of sp³-hybridized carbons (Fsp3) is 1.00. The van der Waals surface area contributed by atoms with E-state index >= 15 is 0 Å². The Labute approximate surface area is 108 Å². The van der Waals surface area contributed by atoms with Gasteiger partial charge < -0.3 is 0 Å². The third-order valence-corrected chi connectivity index (χ3v) is 8.65. The highest BCUT2D eigenvalue weighted by Gasteiger charge is 2.39. The van der Waals surface area contributed by atoms with Gasteiger partial charge in [0.15, 0.2) is 0 Å². The van der Waals surface area contributed by atoms with E-state index in [9.17, 15) is 0 Å². The molecule has 0 spiro atoms. The van der Waals surface area contributed by atoms with Crippen molar-refractivity contribution in [2.75, 3.05) is 0 Å². The molecule has 0 nitrogen and oxygen atoms in total. The molecule has 0 N–H and O–H groups in total. The van der Waals surface area contributed by atoms with Crippen LogP contribution >= 0.6 is 18.5 Å². The highest BCUT2D eigenvalue weighted by Crippen LogP contribution is 2.63. The molecule has 1 saturated carbocycles. The van der Waals surface area contributed by atoms with Crippen LogP contribution in [0.1, 0.15) is 60.8 Å². The molecule has 16 heavy (non-hydrogen) atoms. The molecule has 0 saturated heterocycles. The summed E-state index contributed by atoms with van der Waals surface area (Å²) in [6.45, 7) is 14.1. The van der Waals surface area contributed by atoms with Crippen molar-refractivity contribution in [2.24, 2.45) is 17.8 Å². The van der Waals surface area contributed by atoms with Crippen LogP contribution in [0.4, 0.5) is 0 Å². The molecule has 0 aromatic rings. The summed E-state index contributed by atoms with van der Waals surface area (Å²) < 4.78 is 0. The van der Waals surface area contributed by atoms with Crippen molar-refractivity contribution in [3.05, 3.63) is 0 Å². The Hall–Kier alpha value is 0.720. The number of hydrogen-bond donors (Lipinski definition) is 0. The van der Waals surface area contributed by atoms with E-state index in [0.717, 1.165) is 23.4 Å². The zero-order chi connectivity index (χ0) is 12.5. The SMILES string of the molecule is CC1CCC(C(C)C)C(P(Cl)C(C)(C)C)C1. The van der Waals surface area contributed by atoms with Gasteiger partial charge in [-0.3, -0.25) is 0 Å². The lowest BCUT2D eigenvalue weighted by Crippen LogP contribution is -2.33. The highest BCUT2D eigenvalue weighted by atomic mass is 35.7. The summed E-state index contributed by atoms with van der Waals surface area (Å²) in [5.41, 5.74) is 0.778. The molecule has 4 atom stereocenters. The van der Waals surface area contributed by atoms with E-state index in [2.05, 4.69) is 41.5 Å². The van der Waals surface area contributed by atoms with Crippen LogP contribution in [-0.2, 0) is 0 Å². The molecule has 1 rings (SSSR count). The van der Waals surface area contributed by atoms with Crippen molar-refractivity contribution >= 4 is 18.5 Å². The Kier molecular flexibility index (Phi) is 5.15. The lowest BCUT2D eigenvalue weighted by Gasteiger charge is -2.43. The molecular formula is C14H28ClP. The minimum atomic E-state index is -0.366. The number of rotatable bonds is 2. The largest absolute Gasteiger partial charge is 0.0956 e. The van der Waals surface area contributed by atoms with E-state index in [-0.39, 0.29) is 7.27 Å². The molecule has 0 aliphatic heterocycles. The van der Waals surface area contributed by atoms with Crippen LogP contribution in [0.25, 0.3) is 0 Å². The molecule has 96 valence electrons. The predicted molar refractivity (Wildman–Crippen MR) is 77.7 cm³/mol. The first-order chi connectivity index (χ1) is 7.23. The third kappa shape index (κ3) is 3.61. The molecule has 0 heterocycles. The summed E-state index contributed by atoms with van der Waals surface area (Å²) in [5.74, 6) is 2.54. The van der Waals surface area contributed by atoms with E-state index in [1.807, 2.05) is 0 Å². The Balaban J connectivity index is 2.79. The van der Waals surface area contributed by atoms with E-state index in [4.69, 9.17) is 11.2 Å². The van der Waals surface area contributed by atoms with Crippen molar-refractivity contribution in [2.45, 2.75) is 71.6 Å². The maximum absolute atomic E-state index is 6.80. The summed E-state index contributed by atoms with van der Waals surface area (Å²) in [6.07, 6.45) is 4.16. The standard InChI is InChI=1S/C14H28ClP/c1-10(2)12-8-7-11(3)9-13(12)16(15)14(4,5)6/h10-13H,7-9H2,1-6H3. The van der Waals surface area contributed by atoms with Gasteiger partial charge in [-0.15, -0.1) is 0 Å². The normalized spacial score (nSPS) is 34.1. The fourth-order valence-corrected chi connectivity index (χ4v) is 5.95. The van der Waals surface area contributed by atoms with E-state index in [0.29, 0.717) is 5.16 Å². The molecule has 4 unspecified atom stereocenters. The average molecular weight is 263 g/mol. The van der Waals surface area contributed by atoms with Crippen LogP contribution in [0.15, 0.2) is 0 Å². The Bertz CT molecular complexity index is 217. The lowest BCUT2D eigenvalue weighted by atomic mass is 9.77. The van der Waals surface area contributed by atoms with Crippen molar-refractivity contribution < 1.29 is 0 Å². The van der Waals surface area contributed by atoms with Gasteiger partial charge >= 0.3 is 0 Å². The van der Waals surface area contributed by atoms with Crippen LogP contribution in [0.3, 0.4) is 0 Å². The fourth-order valence-electron chi connectivity index (χ4n) is 2.91. The van der Waals surface area contributed by atoms with Crippen LogP contribution in [0, 0.1) is 17.8 Å². The summed E-state index contributed by atoms with van der Waals surface area (Å²) >= 11 is 6.80. The molecule has 2 heteroatoms. The van der Waals surface area contributed by atoms with E-state index in [1.165, 1.54) is 19.3 Å². The molecular weight excluding hydrogens is 235 g/mol. The first-order valence-electron chi connectivity index (χ1n) is 6.68. The molecule has 0 bridgehead atoms. The van der Waals surface area contributed by atoms with Crippen molar-refractivity contribution in [3.8, 4) is 0 Å². The van der Waals surface area contributed by atoms with Gasteiger partial charge in [0.2, 0.25) is 0 Å². The Morgan fingerprint density at radius 3 is 2.19 bits per heavy atom. The van der Waals surface area contributed by atoms with Crippen LogP contribution < -0.4 is 0 Å². The Morgan fingerprint density at radius 2 is 1.75 bits per heavy atom. The monoisotopic (exact) mass is 262 g/mol. The molecule has 0 radical (unpaired) electrons. The number of hydrogen-bond acceptors (Lipinski definition) is 0. The van der Waals surface area contributed by atoms with Gasteiger partial charge in [0, 0.05) is 0 Å². The summed E-state index contributed by atoms with van der Waals surface area (Å²) in [4.78, 5) is 0. The Morgan fingerprint density at radius 1 is 1.19 bits per heavy atom. The predicted octanol–water partition coefficient (Wildman–Crippen LogP) is 5.88. The second kappa shape index (κ2) is 5.57. The molecule has 0 aromatic heterocycles.